The number of nitrogens with one attached hydrogen (secondary N) is 1. The minimum Gasteiger partial charge on any atom is -0.371 e. The molecule has 2 aliphatic heterocycles. The van der Waals surface area contributed by atoms with Crippen LogP contribution in [0.1, 0.15) is 6.42 Å². The minimum absolute atomic E-state index is 0.172. The fourth-order valence-corrected chi connectivity index (χ4v) is 2.47. The molecule has 0 unspecified atom stereocenters. The lowest BCUT2D eigenvalue weighted by Crippen LogP contribution is -2.68. The molecule has 4 rings (SSSR count). The maximum Gasteiger partial charge on any atom is 0.155 e. The summed E-state index contributed by atoms with van der Waals surface area (Å²) in [5.74, 6) is 0. The molecule has 0 amide bonds. The first-order valence-electron chi connectivity index (χ1n) is 5.53. The van der Waals surface area contributed by atoms with E-state index in [-0.39, 0.29) is 5.60 Å². The summed E-state index contributed by atoms with van der Waals surface area (Å²) in [6.07, 6.45) is 4.90. The molecule has 0 aliphatic carbocycles. The summed E-state index contributed by atoms with van der Waals surface area (Å²) in [7, 11) is 0. The van der Waals surface area contributed by atoms with Crippen LogP contribution in [0.25, 0.3) is 11.0 Å². The monoisotopic (exact) mass is 216 g/mol. The number of hydrogen-bond acceptors (Lipinski definition) is 4. The van der Waals surface area contributed by atoms with Crippen molar-refractivity contribution >= 4 is 16.7 Å². The van der Waals surface area contributed by atoms with Gasteiger partial charge in [0, 0.05) is 24.9 Å². The maximum absolute atomic E-state index is 5.60. The molecular weight excluding hydrogens is 204 g/mol. The van der Waals surface area contributed by atoms with Crippen LogP contribution in [0.5, 0.6) is 0 Å². The molecule has 2 fully saturated rings. The summed E-state index contributed by atoms with van der Waals surface area (Å²) >= 11 is 0. The molecule has 2 aromatic rings. The minimum atomic E-state index is 0.172. The van der Waals surface area contributed by atoms with Gasteiger partial charge in [-0.2, -0.15) is 5.10 Å². The molecule has 4 heterocycles. The van der Waals surface area contributed by atoms with Gasteiger partial charge in [0.1, 0.15) is 5.60 Å². The number of rotatable bonds is 1. The molecule has 0 bridgehead atoms. The molecule has 0 aromatic carbocycles. The fraction of sp³-hybridized carbons (Fsp3) is 0.455. The first-order valence-corrected chi connectivity index (χ1v) is 5.53. The van der Waals surface area contributed by atoms with Crippen LogP contribution in [0.15, 0.2) is 18.5 Å². The van der Waals surface area contributed by atoms with Crippen LogP contribution < -0.4 is 4.90 Å². The van der Waals surface area contributed by atoms with Gasteiger partial charge in [-0.05, 0) is 6.07 Å². The quantitative estimate of drug-likeness (QED) is 0.770. The van der Waals surface area contributed by atoms with E-state index in [1.165, 1.54) is 6.42 Å². The Morgan fingerprint density at radius 1 is 1.38 bits per heavy atom. The highest BCUT2D eigenvalue weighted by Gasteiger charge is 2.49. The zero-order valence-corrected chi connectivity index (χ0v) is 8.81. The van der Waals surface area contributed by atoms with Gasteiger partial charge in [0.25, 0.3) is 0 Å². The summed E-state index contributed by atoms with van der Waals surface area (Å²) in [5.41, 5.74) is 2.18. The smallest absolute Gasteiger partial charge is 0.155 e. The second-order valence-corrected chi connectivity index (χ2v) is 4.64. The second kappa shape index (κ2) is 2.74. The standard InChI is InChI=1S/C11H12N4O/c1-2-16-11(1)6-15(7-11)9-3-8-4-13-14-10(8)12-5-9/h3-5H,1-2,6-7H2,(H,12,13,14). The lowest BCUT2D eigenvalue weighted by atomic mass is 9.86. The molecule has 0 atom stereocenters. The van der Waals surface area contributed by atoms with Crippen LogP contribution >= 0.6 is 0 Å². The Morgan fingerprint density at radius 3 is 3.00 bits per heavy atom. The number of aromatic amines is 1. The highest BCUT2D eigenvalue weighted by molar-refractivity contribution is 5.78. The van der Waals surface area contributed by atoms with Crippen molar-refractivity contribution in [3.05, 3.63) is 18.5 Å². The Bertz CT molecular complexity index is 538. The van der Waals surface area contributed by atoms with E-state index in [2.05, 4.69) is 26.1 Å². The molecule has 0 radical (unpaired) electrons. The number of fused-ring (bicyclic) bond motifs is 1. The fourth-order valence-electron chi connectivity index (χ4n) is 2.47. The Labute approximate surface area is 92.4 Å². The lowest BCUT2D eigenvalue weighted by Gasteiger charge is -2.55. The number of pyridine rings is 1. The normalized spacial score (nSPS) is 22.1. The zero-order valence-electron chi connectivity index (χ0n) is 8.81. The number of ether oxygens (including phenoxy) is 1. The Hall–Kier alpha value is -1.62. The van der Waals surface area contributed by atoms with E-state index < -0.39 is 0 Å². The maximum atomic E-state index is 5.60. The molecular formula is C11H12N4O. The largest absolute Gasteiger partial charge is 0.371 e. The lowest BCUT2D eigenvalue weighted by molar-refractivity contribution is -0.160. The SMILES string of the molecule is c1nc2[nH]ncc2cc1N1CC2(CCO2)C1. The van der Waals surface area contributed by atoms with E-state index in [0.717, 1.165) is 36.4 Å². The van der Waals surface area contributed by atoms with E-state index in [0.29, 0.717) is 0 Å². The van der Waals surface area contributed by atoms with E-state index in [4.69, 9.17) is 4.74 Å². The number of aromatic nitrogens is 3. The van der Waals surface area contributed by atoms with Crippen molar-refractivity contribution in [3.63, 3.8) is 0 Å². The third-order valence-corrected chi connectivity index (χ3v) is 3.57. The van der Waals surface area contributed by atoms with Gasteiger partial charge in [-0.15, -0.1) is 0 Å². The molecule has 16 heavy (non-hydrogen) atoms. The highest BCUT2D eigenvalue weighted by atomic mass is 16.5. The number of H-pyrrole nitrogens is 1. The number of anilines is 1. The summed E-state index contributed by atoms with van der Waals surface area (Å²) in [6, 6.07) is 2.12. The molecule has 5 heteroatoms. The topological polar surface area (TPSA) is 54.0 Å². The Kier molecular flexibility index (Phi) is 1.46. The molecule has 2 saturated heterocycles. The molecule has 2 aliphatic rings. The zero-order chi connectivity index (χ0) is 10.6. The van der Waals surface area contributed by atoms with Gasteiger partial charge in [-0.1, -0.05) is 0 Å². The van der Waals surface area contributed by atoms with Gasteiger partial charge >= 0.3 is 0 Å². The van der Waals surface area contributed by atoms with Gasteiger partial charge in [-0.3, -0.25) is 5.10 Å². The summed E-state index contributed by atoms with van der Waals surface area (Å²) < 4.78 is 5.60. The highest BCUT2D eigenvalue weighted by Crippen LogP contribution is 2.38. The first-order chi connectivity index (χ1) is 7.85. The predicted molar refractivity (Wildman–Crippen MR) is 59.4 cm³/mol. The van der Waals surface area contributed by atoms with Crippen LogP contribution in [0.2, 0.25) is 0 Å². The first kappa shape index (κ1) is 8.52. The number of nitrogens with zero attached hydrogens (tertiary/aromatic N) is 3. The predicted octanol–water partition coefficient (Wildman–Crippen LogP) is 0.937. The van der Waals surface area contributed by atoms with E-state index in [9.17, 15) is 0 Å². The van der Waals surface area contributed by atoms with Crippen LogP contribution in [0.3, 0.4) is 0 Å². The van der Waals surface area contributed by atoms with Crippen molar-refractivity contribution in [2.24, 2.45) is 0 Å². The molecule has 5 nitrogen and oxygen atoms in total. The number of hydrogen-bond donors (Lipinski definition) is 1. The average Bonchev–Trinajstić information content (AvgIpc) is 2.60. The van der Waals surface area contributed by atoms with Crippen LogP contribution in [-0.2, 0) is 4.74 Å². The second-order valence-electron chi connectivity index (χ2n) is 4.64. The molecule has 1 N–H and O–H groups in total. The van der Waals surface area contributed by atoms with Crippen LogP contribution in [0, 0.1) is 0 Å². The molecule has 0 saturated carbocycles. The van der Waals surface area contributed by atoms with Gasteiger partial charge in [0.05, 0.1) is 24.7 Å². The molecule has 2 aromatic heterocycles. The van der Waals surface area contributed by atoms with Crippen molar-refractivity contribution in [3.8, 4) is 0 Å². The Morgan fingerprint density at radius 2 is 2.25 bits per heavy atom. The third-order valence-electron chi connectivity index (χ3n) is 3.57. The summed E-state index contributed by atoms with van der Waals surface area (Å²) in [5, 5.41) is 7.89. The van der Waals surface area contributed by atoms with Gasteiger partial charge in [0.2, 0.25) is 0 Å². The van der Waals surface area contributed by atoms with Gasteiger partial charge < -0.3 is 9.64 Å². The van der Waals surface area contributed by atoms with Crippen LogP contribution in [0.4, 0.5) is 5.69 Å². The van der Waals surface area contributed by atoms with Crippen molar-refractivity contribution < 1.29 is 4.74 Å². The Balaban J connectivity index is 1.62. The summed E-state index contributed by atoms with van der Waals surface area (Å²) in [4.78, 5) is 6.64. The van der Waals surface area contributed by atoms with Crippen LogP contribution in [-0.4, -0.2) is 40.5 Å². The third kappa shape index (κ3) is 1.03. The van der Waals surface area contributed by atoms with Gasteiger partial charge in [0.15, 0.2) is 5.65 Å². The van der Waals surface area contributed by atoms with E-state index in [1.807, 2.05) is 6.20 Å². The van der Waals surface area contributed by atoms with E-state index in [1.54, 1.807) is 6.20 Å². The van der Waals surface area contributed by atoms with E-state index >= 15 is 0 Å². The van der Waals surface area contributed by atoms with Crippen molar-refractivity contribution in [1.82, 2.24) is 15.2 Å². The van der Waals surface area contributed by atoms with Gasteiger partial charge in [-0.25, -0.2) is 4.98 Å². The summed E-state index contributed by atoms with van der Waals surface area (Å²) in [6.45, 7) is 2.92. The average molecular weight is 216 g/mol. The molecule has 82 valence electrons. The van der Waals surface area contributed by atoms with Crippen molar-refractivity contribution in [1.29, 1.82) is 0 Å². The van der Waals surface area contributed by atoms with Crippen molar-refractivity contribution in [2.75, 3.05) is 24.6 Å². The molecule has 1 spiro atoms. The van der Waals surface area contributed by atoms with Crippen molar-refractivity contribution in [2.45, 2.75) is 12.0 Å².